The van der Waals surface area contributed by atoms with Crippen LogP contribution in [0, 0.1) is 0 Å². The van der Waals surface area contributed by atoms with E-state index >= 15 is 0 Å². The summed E-state index contributed by atoms with van der Waals surface area (Å²) in [5.74, 6) is 0.881. The van der Waals surface area contributed by atoms with Gasteiger partial charge in [-0.2, -0.15) is 0 Å². The number of aryl methyl sites for hydroxylation is 1. The Balaban J connectivity index is 1.49. The molecule has 0 bridgehead atoms. The van der Waals surface area contributed by atoms with Gasteiger partial charge in [0.15, 0.2) is 0 Å². The lowest BCUT2D eigenvalue weighted by Crippen LogP contribution is -2.58. The lowest BCUT2D eigenvalue weighted by Gasteiger charge is -2.45. The Morgan fingerprint density at radius 1 is 1.00 bits per heavy atom. The van der Waals surface area contributed by atoms with E-state index in [0.29, 0.717) is 0 Å². The first-order valence-electron chi connectivity index (χ1n) is 9.69. The fraction of sp³-hybridized carbons (Fsp3) is 0.789. The van der Waals surface area contributed by atoms with Gasteiger partial charge in [-0.1, -0.05) is 13.3 Å². The van der Waals surface area contributed by atoms with Crippen molar-refractivity contribution in [1.29, 1.82) is 0 Å². The van der Waals surface area contributed by atoms with E-state index in [4.69, 9.17) is 4.74 Å². The minimum Gasteiger partial charge on any atom is -0.379 e. The maximum absolute atomic E-state index is 5.50. The van der Waals surface area contributed by atoms with Crippen LogP contribution in [0.15, 0.2) is 12.4 Å². The number of ether oxygens (including phenoxy) is 1. The largest absolute Gasteiger partial charge is 0.379 e. The predicted octanol–water partition coefficient (Wildman–Crippen LogP) is 1.66. The Kier molecular flexibility index (Phi) is 6.25. The van der Waals surface area contributed by atoms with Gasteiger partial charge in [-0.15, -0.1) is 0 Å². The van der Waals surface area contributed by atoms with E-state index in [2.05, 4.69) is 45.4 Å². The van der Waals surface area contributed by atoms with Crippen LogP contribution in [0.4, 0.5) is 5.95 Å². The second kappa shape index (κ2) is 8.43. The molecule has 6 nitrogen and oxygen atoms in total. The number of hydrogen-bond acceptors (Lipinski definition) is 6. The average Bonchev–Trinajstić information content (AvgIpc) is 2.64. The molecule has 0 saturated carbocycles. The first-order chi connectivity index (χ1) is 12.1. The molecule has 0 atom stereocenters. The normalized spacial score (nSPS) is 20.8. The van der Waals surface area contributed by atoms with Crippen molar-refractivity contribution in [2.24, 2.45) is 0 Å². The van der Waals surface area contributed by atoms with Crippen LogP contribution in [-0.2, 0) is 11.2 Å². The summed E-state index contributed by atoms with van der Waals surface area (Å²) in [5, 5.41) is 0. The molecule has 2 saturated heterocycles. The summed E-state index contributed by atoms with van der Waals surface area (Å²) in [5.41, 5.74) is 1.43. The van der Waals surface area contributed by atoms with Crippen LogP contribution in [0.2, 0.25) is 0 Å². The Hall–Kier alpha value is -1.24. The number of hydrogen-bond donors (Lipinski definition) is 0. The molecular weight excluding hydrogens is 314 g/mol. The Morgan fingerprint density at radius 2 is 1.64 bits per heavy atom. The standard InChI is InChI=1S/C19H33N5O/c1-4-5-17-14-20-18(21-15-17)23-8-6-22(7-9-23)16-19(2,3)24-10-12-25-13-11-24/h14-15H,4-13,16H2,1-3H3. The highest BCUT2D eigenvalue weighted by Gasteiger charge is 2.31. The monoisotopic (exact) mass is 347 g/mol. The summed E-state index contributed by atoms with van der Waals surface area (Å²) in [6.45, 7) is 16.0. The highest BCUT2D eigenvalue weighted by Crippen LogP contribution is 2.19. The van der Waals surface area contributed by atoms with Gasteiger partial charge in [-0.3, -0.25) is 9.80 Å². The molecule has 0 aliphatic carbocycles. The summed E-state index contributed by atoms with van der Waals surface area (Å²) >= 11 is 0. The molecule has 25 heavy (non-hydrogen) atoms. The minimum absolute atomic E-state index is 0.199. The summed E-state index contributed by atoms with van der Waals surface area (Å²) in [6, 6.07) is 0. The molecule has 0 unspecified atom stereocenters. The zero-order chi connectivity index (χ0) is 17.7. The van der Waals surface area contributed by atoms with Crippen molar-refractivity contribution in [3.05, 3.63) is 18.0 Å². The van der Waals surface area contributed by atoms with Crippen LogP contribution in [0.1, 0.15) is 32.8 Å². The molecule has 0 N–H and O–H groups in total. The van der Waals surface area contributed by atoms with Crippen LogP contribution >= 0.6 is 0 Å². The SMILES string of the molecule is CCCc1cnc(N2CCN(CC(C)(C)N3CCOCC3)CC2)nc1. The van der Waals surface area contributed by atoms with E-state index in [0.717, 1.165) is 77.8 Å². The molecule has 2 aliphatic heterocycles. The lowest BCUT2D eigenvalue weighted by molar-refractivity contribution is -0.0221. The highest BCUT2D eigenvalue weighted by atomic mass is 16.5. The molecule has 6 heteroatoms. The van der Waals surface area contributed by atoms with E-state index in [-0.39, 0.29) is 5.54 Å². The van der Waals surface area contributed by atoms with Crippen molar-refractivity contribution < 1.29 is 4.74 Å². The Bertz CT molecular complexity index is 519. The number of morpholine rings is 1. The van der Waals surface area contributed by atoms with Crippen LogP contribution in [0.3, 0.4) is 0 Å². The lowest BCUT2D eigenvalue weighted by atomic mass is 10.0. The van der Waals surface area contributed by atoms with Crippen molar-refractivity contribution in [2.45, 2.75) is 39.2 Å². The molecule has 0 radical (unpaired) electrons. The quantitative estimate of drug-likeness (QED) is 0.780. The zero-order valence-electron chi connectivity index (χ0n) is 16.1. The third-order valence-corrected chi connectivity index (χ3v) is 5.36. The molecule has 0 aromatic carbocycles. The highest BCUT2D eigenvalue weighted by molar-refractivity contribution is 5.30. The van der Waals surface area contributed by atoms with E-state index in [1.165, 1.54) is 5.56 Å². The smallest absolute Gasteiger partial charge is 0.225 e. The summed E-state index contributed by atoms with van der Waals surface area (Å²) in [4.78, 5) is 16.6. The molecule has 0 spiro atoms. The van der Waals surface area contributed by atoms with Gasteiger partial charge in [0, 0.05) is 63.7 Å². The first-order valence-corrected chi connectivity index (χ1v) is 9.69. The van der Waals surface area contributed by atoms with E-state index in [9.17, 15) is 0 Å². The van der Waals surface area contributed by atoms with Crippen molar-refractivity contribution >= 4 is 5.95 Å². The Labute approximate surface area is 152 Å². The predicted molar refractivity (Wildman–Crippen MR) is 101 cm³/mol. The van der Waals surface area contributed by atoms with Crippen molar-refractivity contribution in [3.63, 3.8) is 0 Å². The number of nitrogens with zero attached hydrogens (tertiary/aromatic N) is 5. The van der Waals surface area contributed by atoms with Gasteiger partial charge in [-0.25, -0.2) is 9.97 Å². The fourth-order valence-electron chi connectivity index (χ4n) is 3.85. The van der Waals surface area contributed by atoms with Crippen molar-refractivity contribution in [1.82, 2.24) is 19.8 Å². The number of piperazine rings is 1. The zero-order valence-corrected chi connectivity index (χ0v) is 16.1. The second-order valence-electron chi connectivity index (χ2n) is 7.82. The van der Waals surface area contributed by atoms with Gasteiger partial charge in [0.2, 0.25) is 5.95 Å². The third-order valence-electron chi connectivity index (χ3n) is 5.36. The molecule has 3 rings (SSSR count). The topological polar surface area (TPSA) is 44.7 Å². The fourth-order valence-corrected chi connectivity index (χ4v) is 3.85. The van der Waals surface area contributed by atoms with Crippen LogP contribution in [0.5, 0.6) is 0 Å². The number of anilines is 1. The maximum atomic E-state index is 5.50. The molecule has 1 aromatic rings. The summed E-state index contributed by atoms with van der Waals surface area (Å²) in [7, 11) is 0. The molecule has 140 valence electrons. The van der Waals surface area contributed by atoms with Gasteiger partial charge in [0.05, 0.1) is 13.2 Å². The molecular formula is C19H33N5O. The summed E-state index contributed by atoms with van der Waals surface area (Å²) < 4.78 is 5.50. The van der Waals surface area contributed by atoms with E-state index in [1.807, 2.05) is 12.4 Å². The van der Waals surface area contributed by atoms with Gasteiger partial charge >= 0.3 is 0 Å². The third kappa shape index (κ3) is 4.90. The Morgan fingerprint density at radius 3 is 2.24 bits per heavy atom. The van der Waals surface area contributed by atoms with E-state index in [1.54, 1.807) is 0 Å². The summed E-state index contributed by atoms with van der Waals surface area (Å²) in [6.07, 6.45) is 6.17. The van der Waals surface area contributed by atoms with Crippen molar-refractivity contribution in [2.75, 3.05) is 63.9 Å². The minimum atomic E-state index is 0.199. The molecule has 2 aliphatic rings. The van der Waals surface area contributed by atoms with Gasteiger partial charge in [0.1, 0.15) is 0 Å². The van der Waals surface area contributed by atoms with Gasteiger partial charge in [0.25, 0.3) is 0 Å². The second-order valence-corrected chi connectivity index (χ2v) is 7.82. The first kappa shape index (κ1) is 18.5. The van der Waals surface area contributed by atoms with Crippen LogP contribution < -0.4 is 4.90 Å². The maximum Gasteiger partial charge on any atom is 0.225 e. The molecule has 1 aromatic heterocycles. The van der Waals surface area contributed by atoms with Gasteiger partial charge in [-0.05, 0) is 25.8 Å². The van der Waals surface area contributed by atoms with E-state index < -0.39 is 0 Å². The molecule has 3 heterocycles. The average molecular weight is 348 g/mol. The van der Waals surface area contributed by atoms with Crippen LogP contribution in [-0.4, -0.2) is 84.3 Å². The van der Waals surface area contributed by atoms with Gasteiger partial charge < -0.3 is 9.64 Å². The molecule has 0 amide bonds. The van der Waals surface area contributed by atoms with Crippen molar-refractivity contribution in [3.8, 4) is 0 Å². The number of rotatable bonds is 6. The number of aromatic nitrogens is 2. The van der Waals surface area contributed by atoms with Crippen LogP contribution in [0.25, 0.3) is 0 Å². The molecule has 2 fully saturated rings.